The van der Waals surface area contributed by atoms with Gasteiger partial charge in [0.1, 0.15) is 0 Å². The lowest BCUT2D eigenvalue weighted by Gasteiger charge is -2.36. The molecule has 2 heterocycles. The Hall–Kier alpha value is -1.75. The van der Waals surface area contributed by atoms with Gasteiger partial charge in [-0.15, -0.1) is 0 Å². The van der Waals surface area contributed by atoms with Gasteiger partial charge in [-0.1, -0.05) is 13.0 Å². The number of methoxy groups -OCH3 is 1. The Morgan fingerprint density at radius 3 is 2.41 bits per heavy atom. The van der Waals surface area contributed by atoms with Crippen LogP contribution < -0.4 is 9.47 Å². The summed E-state index contributed by atoms with van der Waals surface area (Å²) >= 11 is 0. The van der Waals surface area contributed by atoms with Crippen LogP contribution in [0.15, 0.2) is 18.2 Å². The molecule has 0 saturated carbocycles. The van der Waals surface area contributed by atoms with Crippen LogP contribution in [-0.4, -0.2) is 55.6 Å². The number of benzene rings is 1. The summed E-state index contributed by atoms with van der Waals surface area (Å²) in [4.78, 5) is 17.3. The zero-order valence-electron chi connectivity index (χ0n) is 17.1. The molecule has 2 fully saturated rings. The maximum Gasteiger partial charge on any atom is 0.225 e. The van der Waals surface area contributed by atoms with Crippen molar-refractivity contribution in [2.24, 2.45) is 11.8 Å². The fourth-order valence-corrected chi connectivity index (χ4v) is 4.17. The van der Waals surface area contributed by atoms with Crippen molar-refractivity contribution in [3.8, 4) is 11.5 Å². The van der Waals surface area contributed by atoms with E-state index < -0.39 is 0 Å². The summed E-state index contributed by atoms with van der Waals surface area (Å²) in [6.07, 6.45) is 4.26. The zero-order chi connectivity index (χ0) is 19.2. The summed E-state index contributed by atoms with van der Waals surface area (Å²) in [6, 6.07) is 6.17. The first-order chi connectivity index (χ1) is 13.1. The van der Waals surface area contributed by atoms with Gasteiger partial charge in [0.25, 0.3) is 0 Å². The van der Waals surface area contributed by atoms with E-state index in [1.165, 1.54) is 5.56 Å². The maximum atomic E-state index is 12.8. The third kappa shape index (κ3) is 5.16. The largest absolute Gasteiger partial charge is 0.493 e. The Morgan fingerprint density at radius 2 is 1.78 bits per heavy atom. The van der Waals surface area contributed by atoms with Crippen molar-refractivity contribution in [1.82, 2.24) is 9.80 Å². The molecule has 150 valence electrons. The molecule has 2 aliphatic rings. The van der Waals surface area contributed by atoms with Crippen LogP contribution in [0.5, 0.6) is 11.5 Å². The maximum absolute atomic E-state index is 12.8. The quantitative estimate of drug-likeness (QED) is 0.763. The van der Waals surface area contributed by atoms with Crippen LogP contribution in [0.4, 0.5) is 0 Å². The van der Waals surface area contributed by atoms with E-state index in [1.54, 1.807) is 7.11 Å². The van der Waals surface area contributed by atoms with E-state index in [4.69, 9.17) is 9.47 Å². The Kier molecular flexibility index (Phi) is 7.00. The average Bonchev–Trinajstić information content (AvgIpc) is 2.70. The monoisotopic (exact) mass is 374 g/mol. The molecule has 3 rings (SSSR count). The SMILES string of the molecule is CCOc1ccc(CN2CCC(C(=O)N3CCC(C)CC3)CC2)cc1OC. The van der Waals surface area contributed by atoms with Crippen LogP contribution in [0.3, 0.4) is 0 Å². The predicted molar refractivity (Wildman–Crippen MR) is 107 cm³/mol. The van der Waals surface area contributed by atoms with Crippen molar-refractivity contribution in [3.05, 3.63) is 23.8 Å². The van der Waals surface area contributed by atoms with Crippen LogP contribution in [0.2, 0.25) is 0 Å². The minimum atomic E-state index is 0.213. The fraction of sp³-hybridized carbons (Fsp3) is 0.682. The summed E-state index contributed by atoms with van der Waals surface area (Å²) in [5, 5.41) is 0. The molecule has 2 aliphatic heterocycles. The van der Waals surface area contributed by atoms with Gasteiger partial charge in [-0.25, -0.2) is 0 Å². The molecule has 1 aromatic rings. The number of likely N-dealkylation sites (tertiary alicyclic amines) is 2. The smallest absolute Gasteiger partial charge is 0.225 e. The molecule has 0 aliphatic carbocycles. The normalized spacial score (nSPS) is 19.9. The molecular weight excluding hydrogens is 340 g/mol. The second-order valence-corrected chi connectivity index (χ2v) is 7.98. The molecule has 27 heavy (non-hydrogen) atoms. The predicted octanol–water partition coefficient (Wildman–Crippen LogP) is 3.56. The first-order valence-electron chi connectivity index (χ1n) is 10.4. The number of nitrogens with zero attached hydrogens (tertiary/aromatic N) is 2. The molecule has 1 aromatic carbocycles. The van der Waals surface area contributed by atoms with Gasteiger partial charge in [-0.05, 0) is 69.3 Å². The molecule has 1 amide bonds. The van der Waals surface area contributed by atoms with E-state index in [9.17, 15) is 4.79 Å². The lowest BCUT2D eigenvalue weighted by atomic mass is 9.92. The van der Waals surface area contributed by atoms with Crippen LogP contribution >= 0.6 is 0 Å². The van der Waals surface area contributed by atoms with E-state index in [2.05, 4.69) is 28.9 Å². The van der Waals surface area contributed by atoms with Gasteiger partial charge in [0.2, 0.25) is 5.91 Å². The Bertz CT molecular complexity index is 618. The van der Waals surface area contributed by atoms with Gasteiger partial charge < -0.3 is 14.4 Å². The van der Waals surface area contributed by atoms with Crippen molar-refractivity contribution < 1.29 is 14.3 Å². The molecule has 0 spiro atoms. The highest BCUT2D eigenvalue weighted by molar-refractivity contribution is 5.79. The minimum absolute atomic E-state index is 0.213. The summed E-state index contributed by atoms with van der Waals surface area (Å²) in [5.41, 5.74) is 1.23. The van der Waals surface area contributed by atoms with E-state index in [0.717, 1.165) is 75.8 Å². The number of piperidine rings is 2. The molecule has 5 heteroatoms. The van der Waals surface area contributed by atoms with Crippen LogP contribution in [0, 0.1) is 11.8 Å². The lowest BCUT2D eigenvalue weighted by Crippen LogP contribution is -2.45. The number of hydrogen-bond acceptors (Lipinski definition) is 4. The molecule has 0 atom stereocenters. The van der Waals surface area contributed by atoms with Crippen molar-refractivity contribution >= 4 is 5.91 Å². The molecular formula is C22H34N2O3. The number of hydrogen-bond donors (Lipinski definition) is 0. The summed E-state index contributed by atoms with van der Waals surface area (Å²) in [7, 11) is 1.68. The summed E-state index contributed by atoms with van der Waals surface area (Å²) in [5.74, 6) is 2.96. The number of amides is 1. The van der Waals surface area contributed by atoms with Gasteiger partial charge in [0, 0.05) is 25.6 Å². The molecule has 0 unspecified atom stereocenters. The highest BCUT2D eigenvalue weighted by Gasteiger charge is 2.30. The van der Waals surface area contributed by atoms with Crippen molar-refractivity contribution in [2.45, 2.75) is 46.1 Å². The number of carbonyl (C=O) groups excluding carboxylic acids is 1. The van der Waals surface area contributed by atoms with E-state index in [-0.39, 0.29) is 5.92 Å². The molecule has 0 radical (unpaired) electrons. The van der Waals surface area contributed by atoms with Gasteiger partial charge in [0.15, 0.2) is 11.5 Å². The van der Waals surface area contributed by atoms with Crippen LogP contribution in [0.1, 0.15) is 45.1 Å². The van der Waals surface area contributed by atoms with Crippen molar-refractivity contribution in [3.63, 3.8) is 0 Å². The third-order valence-corrected chi connectivity index (χ3v) is 5.97. The number of carbonyl (C=O) groups is 1. The first kappa shape index (κ1) is 20.0. The van der Waals surface area contributed by atoms with Gasteiger partial charge in [0.05, 0.1) is 13.7 Å². The van der Waals surface area contributed by atoms with E-state index >= 15 is 0 Å². The molecule has 2 saturated heterocycles. The lowest BCUT2D eigenvalue weighted by molar-refractivity contribution is -0.138. The van der Waals surface area contributed by atoms with Crippen molar-refractivity contribution in [1.29, 1.82) is 0 Å². The van der Waals surface area contributed by atoms with Gasteiger partial charge >= 0.3 is 0 Å². The van der Waals surface area contributed by atoms with E-state index in [1.807, 2.05) is 13.0 Å². The number of ether oxygens (including phenoxy) is 2. The van der Waals surface area contributed by atoms with E-state index in [0.29, 0.717) is 12.5 Å². The third-order valence-electron chi connectivity index (χ3n) is 5.97. The van der Waals surface area contributed by atoms with Gasteiger partial charge in [-0.2, -0.15) is 0 Å². The Morgan fingerprint density at radius 1 is 1.07 bits per heavy atom. The average molecular weight is 375 g/mol. The highest BCUT2D eigenvalue weighted by atomic mass is 16.5. The van der Waals surface area contributed by atoms with Gasteiger partial charge in [-0.3, -0.25) is 9.69 Å². The zero-order valence-corrected chi connectivity index (χ0v) is 17.1. The molecule has 5 nitrogen and oxygen atoms in total. The molecule has 0 N–H and O–H groups in total. The second kappa shape index (κ2) is 9.45. The Balaban J connectivity index is 1.50. The number of rotatable bonds is 6. The van der Waals surface area contributed by atoms with Crippen LogP contribution in [0.25, 0.3) is 0 Å². The van der Waals surface area contributed by atoms with Crippen molar-refractivity contribution in [2.75, 3.05) is 39.9 Å². The standard InChI is InChI=1S/C22H34N2O3/c1-4-27-20-6-5-18(15-21(20)26-3)16-23-11-9-19(10-12-23)22(25)24-13-7-17(2)8-14-24/h5-6,15,17,19H,4,7-14,16H2,1-3H3. The fourth-order valence-electron chi connectivity index (χ4n) is 4.17. The highest BCUT2D eigenvalue weighted by Crippen LogP contribution is 2.29. The second-order valence-electron chi connectivity index (χ2n) is 7.98. The molecule has 0 aromatic heterocycles. The minimum Gasteiger partial charge on any atom is -0.493 e. The summed E-state index contributed by atoms with van der Waals surface area (Å²) in [6.45, 7) is 9.66. The first-order valence-corrected chi connectivity index (χ1v) is 10.4. The topological polar surface area (TPSA) is 42.0 Å². The molecule has 0 bridgehead atoms. The summed E-state index contributed by atoms with van der Waals surface area (Å²) < 4.78 is 11.1. The Labute approximate surface area is 163 Å². The van der Waals surface area contributed by atoms with Crippen LogP contribution in [-0.2, 0) is 11.3 Å².